The van der Waals surface area contributed by atoms with Gasteiger partial charge in [-0.2, -0.15) is 0 Å². The Hall–Kier alpha value is -1.02. The molecule has 0 aliphatic carbocycles. The number of ether oxygens (including phenoxy) is 1. The van der Waals surface area contributed by atoms with Gasteiger partial charge >= 0.3 is 0 Å². The van der Waals surface area contributed by atoms with Crippen molar-refractivity contribution in [3.8, 4) is 0 Å². The Labute approximate surface area is 131 Å². The van der Waals surface area contributed by atoms with Crippen LogP contribution < -0.4 is 5.73 Å². The second kappa shape index (κ2) is 6.83. The molecule has 116 valence electrons. The van der Waals surface area contributed by atoms with E-state index in [2.05, 4.69) is 0 Å². The molecule has 2 N–H and O–H groups in total. The van der Waals surface area contributed by atoms with Crippen LogP contribution >= 0.6 is 12.2 Å². The number of nitrogens with two attached hydrogens (primary N) is 1. The molecule has 1 fully saturated rings. The lowest BCUT2D eigenvalue weighted by Crippen LogP contribution is -2.34. The predicted octanol–water partition coefficient (Wildman–Crippen LogP) is 1.26. The highest BCUT2D eigenvalue weighted by Crippen LogP contribution is 2.16. The van der Waals surface area contributed by atoms with E-state index >= 15 is 0 Å². The lowest BCUT2D eigenvalue weighted by molar-refractivity contribution is 0.0978. The summed E-state index contributed by atoms with van der Waals surface area (Å²) < 4.78 is 31.5. The third-order valence-corrected chi connectivity index (χ3v) is 5.58. The van der Waals surface area contributed by atoms with Gasteiger partial charge in [0.25, 0.3) is 0 Å². The zero-order valence-electron chi connectivity index (χ0n) is 12.0. The first kappa shape index (κ1) is 16.4. The summed E-state index contributed by atoms with van der Waals surface area (Å²) in [6.07, 6.45) is 1.93. The molecule has 1 saturated heterocycles. The van der Waals surface area contributed by atoms with Crippen molar-refractivity contribution < 1.29 is 13.2 Å². The maximum Gasteiger partial charge on any atom is 0.218 e. The van der Waals surface area contributed by atoms with E-state index in [9.17, 15) is 8.42 Å². The summed E-state index contributed by atoms with van der Waals surface area (Å²) >= 11 is 4.87. The lowest BCUT2D eigenvalue weighted by atomic mass is 10.1. The molecule has 21 heavy (non-hydrogen) atoms. The molecule has 1 aromatic carbocycles. The Morgan fingerprint density at radius 1 is 1.43 bits per heavy atom. The first-order valence-corrected chi connectivity index (χ1v) is 8.84. The molecule has 1 heterocycles. The van der Waals surface area contributed by atoms with Crippen molar-refractivity contribution in [3.63, 3.8) is 0 Å². The second-order valence-corrected chi connectivity index (χ2v) is 7.75. The largest absolute Gasteiger partial charge is 0.389 e. The highest BCUT2D eigenvalue weighted by Gasteiger charge is 2.24. The van der Waals surface area contributed by atoms with Gasteiger partial charge < -0.3 is 10.5 Å². The third kappa shape index (κ3) is 4.47. The van der Waals surface area contributed by atoms with E-state index in [1.807, 2.05) is 0 Å². The van der Waals surface area contributed by atoms with Gasteiger partial charge in [0.2, 0.25) is 10.0 Å². The van der Waals surface area contributed by atoms with Crippen molar-refractivity contribution in [2.24, 2.45) is 5.73 Å². The number of hydrogen-bond donors (Lipinski definition) is 1. The molecule has 1 aliphatic rings. The van der Waals surface area contributed by atoms with Crippen LogP contribution in [0.1, 0.15) is 24.0 Å². The SMILES string of the molecule is CN(CC1CCCO1)S(=O)(=O)Cc1ccc(C(N)=S)cc1. The molecule has 1 atom stereocenters. The average Bonchev–Trinajstić information content (AvgIpc) is 2.91. The fraction of sp³-hybridized carbons (Fsp3) is 0.500. The standard InChI is InChI=1S/C14H20N2O3S2/c1-16(9-13-3-2-8-19-13)21(17,18)10-11-4-6-12(7-5-11)14(15)20/h4-7,13H,2-3,8-10H2,1H3,(H2,15,20). The number of hydrogen-bond acceptors (Lipinski definition) is 4. The first-order chi connectivity index (χ1) is 9.88. The number of likely N-dealkylation sites (N-methyl/N-ethyl adjacent to an activating group) is 1. The van der Waals surface area contributed by atoms with Crippen LogP contribution in [0.5, 0.6) is 0 Å². The minimum Gasteiger partial charge on any atom is -0.389 e. The van der Waals surface area contributed by atoms with E-state index in [1.165, 1.54) is 4.31 Å². The van der Waals surface area contributed by atoms with E-state index in [0.29, 0.717) is 17.1 Å². The zero-order chi connectivity index (χ0) is 15.5. The van der Waals surface area contributed by atoms with Gasteiger partial charge in [-0.15, -0.1) is 0 Å². The molecule has 1 aliphatic heterocycles. The van der Waals surface area contributed by atoms with Crippen LogP contribution in [0.4, 0.5) is 0 Å². The van der Waals surface area contributed by atoms with E-state index in [-0.39, 0.29) is 11.9 Å². The number of sulfonamides is 1. The zero-order valence-corrected chi connectivity index (χ0v) is 13.6. The van der Waals surface area contributed by atoms with E-state index in [0.717, 1.165) is 25.0 Å². The monoisotopic (exact) mass is 328 g/mol. The maximum absolute atomic E-state index is 12.3. The molecular weight excluding hydrogens is 308 g/mol. The Kier molecular flexibility index (Phi) is 5.32. The molecular formula is C14H20N2O3S2. The Bertz CT molecular complexity index is 593. The summed E-state index contributed by atoms with van der Waals surface area (Å²) in [4.78, 5) is 0.305. The van der Waals surface area contributed by atoms with Crippen molar-refractivity contribution in [3.05, 3.63) is 35.4 Å². The van der Waals surface area contributed by atoms with Crippen molar-refractivity contribution in [2.75, 3.05) is 20.2 Å². The van der Waals surface area contributed by atoms with E-state index in [4.69, 9.17) is 22.7 Å². The van der Waals surface area contributed by atoms with Gasteiger partial charge in [0, 0.05) is 25.8 Å². The van der Waals surface area contributed by atoms with Crippen molar-refractivity contribution in [2.45, 2.75) is 24.7 Å². The molecule has 0 radical (unpaired) electrons. The topological polar surface area (TPSA) is 72.6 Å². The molecule has 0 aromatic heterocycles. The summed E-state index contributed by atoms with van der Waals surface area (Å²) in [5, 5.41) is 0. The third-order valence-electron chi connectivity index (χ3n) is 3.55. The second-order valence-electron chi connectivity index (χ2n) is 5.23. The number of benzene rings is 1. The maximum atomic E-state index is 12.3. The summed E-state index contributed by atoms with van der Waals surface area (Å²) in [6.45, 7) is 1.13. The molecule has 7 heteroatoms. The molecule has 0 saturated carbocycles. The van der Waals surface area contributed by atoms with Crippen molar-refractivity contribution >= 4 is 27.2 Å². The number of rotatable bonds is 6. The van der Waals surface area contributed by atoms with Crippen LogP contribution in [0.2, 0.25) is 0 Å². The van der Waals surface area contributed by atoms with Crippen LogP contribution in [0.25, 0.3) is 0 Å². The molecule has 0 spiro atoms. The predicted molar refractivity (Wildman–Crippen MR) is 86.6 cm³/mol. The quantitative estimate of drug-likeness (QED) is 0.796. The average molecular weight is 328 g/mol. The first-order valence-electron chi connectivity index (χ1n) is 6.83. The van der Waals surface area contributed by atoms with Gasteiger partial charge in [-0.1, -0.05) is 36.5 Å². The normalized spacial score (nSPS) is 19.0. The summed E-state index contributed by atoms with van der Waals surface area (Å²) in [7, 11) is -1.75. The number of thiocarbonyl (C=S) groups is 1. The summed E-state index contributed by atoms with van der Waals surface area (Å²) in [5.41, 5.74) is 6.97. The Morgan fingerprint density at radius 3 is 2.62 bits per heavy atom. The fourth-order valence-electron chi connectivity index (χ4n) is 2.27. The molecule has 1 unspecified atom stereocenters. The van der Waals surface area contributed by atoms with Crippen LogP contribution in [0, 0.1) is 0 Å². The van der Waals surface area contributed by atoms with E-state index in [1.54, 1.807) is 31.3 Å². The summed E-state index contributed by atoms with van der Waals surface area (Å²) in [6, 6.07) is 6.97. The number of nitrogens with zero attached hydrogens (tertiary/aromatic N) is 1. The van der Waals surface area contributed by atoms with Gasteiger partial charge in [0.1, 0.15) is 4.99 Å². The summed E-state index contributed by atoms with van der Waals surface area (Å²) in [5.74, 6) is -0.0339. The Morgan fingerprint density at radius 2 is 2.10 bits per heavy atom. The lowest BCUT2D eigenvalue weighted by Gasteiger charge is -2.20. The van der Waals surface area contributed by atoms with Crippen LogP contribution in [-0.4, -0.2) is 44.0 Å². The molecule has 2 rings (SSSR count). The highest BCUT2D eigenvalue weighted by molar-refractivity contribution is 7.88. The molecule has 0 bridgehead atoms. The van der Waals surface area contributed by atoms with Crippen LogP contribution in [0.3, 0.4) is 0 Å². The Balaban J connectivity index is 2.00. The van der Waals surface area contributed by atoms with E-state index < -0.39 is 10.0 Å². The minimum atomic E-state index is -3.34. The molecule has 5 nitrogen and oxygen atoms in total. The van der Waals surface area contributed by atoms with Crippen molar-refractivity contribution in [1.82, 2.24) is 4.31 Å². The van der Waals surface area contributed by atoms with Crippen LogP contribution in [-0.2, 0) is 20.5 Å². The van der Waals surface area contributed by atoms with Crippen LogP contribution in [0.15, 0.2) is 24.3 Å². The fourth-order valence-corrected chi connectivity index (χ4v) is 3.64. The minimum absolute atomic E-state index is 0.0155. The molecule has 0 amide bonds. The van der Waals surface area contributed by atoms with Gasteiger partial charge in [-0.25, -0.2) is 12.7 Å². The highest BCUT2D eigenvalue weighted by atomic mass is 32.2. The van der Waals surface area contributed by atoms with Gasteiger partial charge in [0.15, 0.2) is 0 Å². The van der Waals surface area contributed by atoms with Gasteiger partial charge in [-0.3, -0.25) is 0 Å². The smallest absolute Gasteiger partial charge is 0.218 e. The molecule has 1 aromatic rings. The van der Waals surface area contributed by atoms with Gasteiger partial charge in [0.05, 0.1) is 11.9 Å². The van der Waals surface area contributed by atoms with Crippen molar-refractivity contribution in [1.29, 1.82) is 0 Å². The van der Waals surface area contributed by atoms with Gasteiger partial charge in [-0.05, 0) is 18.4 Å².